The van der Waals surface area contributed by atoms with E-state index in [9.17, 15) is 14.5 Å². The SMILES string of the molecule is Nc1nc(N2CCC(OCc3ccc(F)cc3)CC2)ncc1[N+](=O)[O-]. The maximum Gasteiger partial charge on any atom is 0.329 e. The molecule has 2 heterocycles. The summed E-state index contributed by atoms with van der Waals surface area (Å²) < 4.78 is 18.7. The molecule has 1 aromatic heterocycles. The molecule has 8 nitrogen and oxygen atoms in total. The summed E-state index contributed by atoms with van der Waals surface area (Å²) in [6, 6.07) is 6.24. The van der Waals surface area contributed by atoms with E-state index in [0.717, 1.165) is 24.6 Å². The first-order valence-corrected chi connectivity index (χ1v) is 7.91. The predicted octanol–water partition coefficient (Wildman–Crippen LogP) is 2.29. The average molecular weight is 347 g/mol. The first-order valence-electron chi connectivity index (χ1n) is 7.91. The molecule has 0 radical (unpaired) electrons. The summed E-state index contributed by atoms with van der Waals surface area (Å²) in [5.41, 5.74) is 6.24. The average Bonchev–Trinajstić information content (AvgIpc) is 2.61. The van der Waals surface area contributed by atoms with Crippen molar-refractivity contribution in [3.63, 3.8) is 0 Å². The fourth-order valence-electron chi connectivity index (χ4n) is 2.69. The van der Waals surface area contributed by atoms with Gasteiger partial charge in [0.05, 0.1) is 17.6 Å². The monoisotopic (exact) mass is 347 g/mol. The van der Waals surface area contributed by atoms with Crippen LogP contribution in [0.3, 0.4) is 0 Å². The molecule has 0 spiro atoms. The number of aromatic nitrogens is 2. The van der Waals surface area contributed by atoms with E-state index in [4.69, 9.17) is 10.5 Å². The molecule has 2 aromatic rings. The Morgan fingerprint density at radius 2 is 2.00 bits per heavy atom. The minimum atomic E-state index is -0.603. The van der Waals surface area contributed by atoms with Gasteiger partial charge in [-0.25, -0.2) is 9.37 Å². The lowest BCUT2D eigenvalue weighted by Gasteiger charge is -2.31. The van der Waals surface area contributed by atoms with Gasteiger partial charge in [0.1, 0.15) is 12.0 Å². The summed E-state index contributed by atoms with van der Waals surface area (Å²) in [6.07, 6.45) is 2.79. The third-order valence-electron chi connectivity index (χ3n) is 4.11. The number of halogens is 1. The number of nitrogens with two attached hydrogens (primary N) is 1. The number of hydrogen-bond acceptors (Lipinski definition) is 7. The standard InChI is InChI=1S/C16H18FN5O3/c17-12-3-1-11(2-4-12)10-25-13-5-7-21(8-6-13)16-19-9-14(22(23)24)15(18)20-16/h1-4,9,13H,5-8,10H2,(H2,18,19,20). The Labute approximate surface area is 143 Å². The first-order chi connectivity index (χ1) is 12.0. The molecule has 0 atom stereocenters. The zero-order valence-electron chi connectivity index (χ0n) is 13.5. The molecular formula is C16H18FN5O3. The number of piperidine rings is 1. The Kier molecular flexibility index (Phi) is 5.03. The van der Waals surface area contributed by atoms with Crippen molar-refractivity contribution in [2.24, 2.45) is 0 Å². The van der Waals surface area contributed by atoms with Gasteiger partial charge in [0, 0.05) is 13.1 Å². The van der Waals surface area contributed by atoms with Crippen molar-refractivity contribution < 1.29 is 14.1 Å². The zero-order valence-corrected chi connectivity index (χ0v) is 13.5. The van der Waals surface area contributed by atoms with E-state index in [-0.39, 0.29) is 23.4 Å². The van der Waals surface area contributed by atoms with Crippen LogP contribution in [0.5, 0.6) is 0 Å². The van der Waals surface area contributed by atoms with Crippen LogP contribution in [0.4, 0.5) is 21.8 Å². The molecule has 132 valence electrons. The van der Waals surface area contributed by atoms with Gasteiger partial charge in [-0.2, -0.15) is 4.98 Å². The lowest BCUT2D eigenvalue weighted by molar-refractivity contribution is -0.384. The molecule has 9 heteroatoms. The van der Waals surface area contributed by atoms with Crippen molar-refractivity contribution >= 4 is 17.5 Å². The largest absolute Gasteiger partial charge is 0.378 e. The first kappa shape index (κ1) is 17.0. The second kappa shape index (κ2) is 7.39. The molecule has 0 aliphatic carbocycles. The van der Waals surface area contributed by atoms with Crippen LogP contribution in [0.2, 0.25) is 0 Å². The highest BCUT2D eigenvalue weighted by Gasteiger charge is 2.23. The number of nitro groups is 1. The second-order valence-corrected chi connectivity index (χ2v) is 5.82. The number of ether oxygens (including phenoxy) is 1. The molecule has 0 saturated carbocycles. The van der Waals surface area contributed by atoms with Crippen molar-refractivity contribution in [1.82, 2.24) is 9.97 Å². The molecule has 2 N–H and O–H groups in total. The van der Waals surface area contributed by atoms with E-state index in [1.165, 1.54) is 12.1 Å². The highest BCUT2D eigenvalue weighted by Crippen LogP contribution is 2.23. The van der Waals surface area contributed by atoms with Gasteiger partial charge in [0.2, 0.25) is 11.8 Å². The van der Waals surface area contributed by atoms with E-state index in [1.807, 2.05) is 4.90 Å². The molecule has 1 aliphatic heterocycles. The molecule has 1 aliphatic rings. The van der Waals surface area contributed by atoms with Crippen molar-refractivity contribution in [2.75, 3.05) is 23.7 Å². The van der Waals surface area contributed by atoms with Gasteiger partial charge in [0.15, 0.2) is 0 Å². The predicted molar refractivity (Wildman–Crippen MR) is 89.5 cm³/mol. The topological polar surface area (TPSA) is 107 Å². The minimum Gasteiger partial charge on any atom is -0.378 e. The number of nitrogen functional groups attached to an aromatic ring is 1. The van der Waals surface area contributed by atoms with Crippen LogP contribution in [0.1, 0.15) is 18.4 Å². The molecule has 0 unspecified atom stereocenters. The number of hydrogen-bond donors (Lipinski definition) is 1. The van der Waals surface area contributed by atoms with Crippen LogP contribution in [-0.4, -0.2) is 34.1 Å². The van der Waals surface area contributed by atoms with E-state index >= 15 is 0 Å². The Balaban J connectivity index is 1.52. The molecular weight excluding hydrogens is 329 g/mol. The normalized spacial score (nSPS) is 15.3. The summed E-state index contributed by atoms with van der Waals surface area (Å²) in [5.74, 6) is -0.0100. The Morgan fingerprint density at radius 1 is 1.32 bits per heavy atom. The third kappa shape index (κ3) is 4.18. The number of nitrogens with zero attached hydrogens (tertiary/aromatic N) is 4. The summed E-state index contributed by atoms with van der Waals surface area (Å²) in [4.78, 5) is 20.1. The van der Waals surface area contributed by atoms with Crippen LogP contribution >= 0.6 is 0 Å². The van der Waals surface area contributed by atoms with Gasteiger partial charge < -0.3 is 15.4 Å². The van der Waals surface area contributed by atoms with Crippen molar-refractivity contribution in [3.05, 3.63) is 52.0 Å². The molecule has 1 fully saturated rings. The maximum absolute atomic E-state index is 12.9. The number of anilines is 2. The van der Waals surface area contributed by atoms with Crippen molar-refractivity contribution in [3.8, 4) is 0 Å². The van der Waals surface area contributed by atoms with Crippen LogP contribution in [-0.2, 0) is 11.3 Å². The van der Waals surface area contributed by atoms with Gasteiger partial charge >= 0.3 is 5.69 Å². The van der Waals surface area contributed by atoms with Crippen molar-refractivity contribution in [1.29, 1.82) is 0 Å². The number of benzene rings is 1. The molecule has 0 bridgehead atoms. The summed E-state index contributed by atoms with van der Waals surface area (Å²) in [6.45, 7) is 1.78. The van der Waals surface area contributed by atoms with Crippen LogP contribution in [0.15, 0.2) is 30.5 Å². The Morgan fingerprint density at radius 3 is 2.60 bits per heavy atom. The number of rotatable bonds is 5. The van der Waals surface area contributed by atoms with E-state index in [2.05, 4.69) is 9.97 Å². The summed E-state index contributed by atoms with van der Waals surface area (Å²) in [7, 11) is 0. The molecule has 25 heavy (non-hydrogen) atoms. The molecule has 0 amide bonds. The van der Waals surface area contributed by atoms with Crippen LogP contribution in [0, 0.1) is 15.9 Å². The summed E-state index contributed by atoms with van der Waals surface area (Å²) >= 11 is 0. The fraction of sp³-hybridized carbons (Fsp3) is 0.375. The minimum absolute atomic E-state index is 0.0942. The highest BCUT2D eigenvalue weighted by atomic mass is 19.1. The van der Waals surface area contributed by atoms with Gasteiger partial charge in [-0.15, -0.1) is 0 Å². The van der Waals surface area contributed by atoms with E-state index in [1.54, 1.807) is 12.1 Å². The van der Waals surface area contributed by atoms with E-state index in [0.29, 0.717) is 25.6 Å². The van der Waals surface area contributed by atoms with Gasteiger partial charge in [-0.3, -0.25) is 10.1 Å². The van der Waals surface area contributed by atoms with Gasteiger partial charge in [0.25, 0.3) is 0 Å². The quantitative estimate of drug-likeness (QED) is 0.653. The summed E-state index contributed by atoms with van der Waals surface area (Å²) in [5, 5.41) is 10.8. The Bertz CT molecular complexity index is 748. The lowest BCUT2D eigenvalue weighted by Crippen LogP contribution is -2.38. The third-order valence-corrected chi connectivity index (χ3v) is 4.11. The molecule has 1 aromatic carbocycles. The van der Waals surface area contributed by atoms with Crippen LogP contribution in [0.25, 0.3) is 0 Å². The van der Waals surface area contributed by atoms with Gasteiger partial charge in [-0.05, 0) is 30.5 Å². The van der Waals surface area contributed by atoms with E-state index < -0.39 is 4.92 Å². The van der Waals surface area contributed by atoms with Crippen LogP contribution < -0.4 is 10.6 Å². The smallest absolute Gasteiger partial charge is 0.329 e. The molecule has 3 rings (SSSR count). The zero-order chi connectivity index (χ0) is 17.8. The maximum atomic E-state index is 12.9. The molecule has 1 saturated heterocycles. The fourth-order valence-corrected chi connectivity index (χ4v) is 2.69. The Hall–Kier alpha value is -2.81. The van der Waals surface area contributed by atoms with Gasteiger partial charge in [-0.1, -0.05) is 12.1 Å². The van der Waals surface area contributed by atoms with Crippen molar-refractivity contribution in [2.45, 2.75) is 25.6 Å². The second-order valence-electron chi connectivity index (χ2n) is 5.82. The highest BCUT2D eigenvalue weighted by molar-refractivity contribution is 5.53. The lowest BCUT2D eigenvalue weighted by atomic mass is 10.1.